The molecule has 2 heteroatoms. The highest BCUT2D eigenvalue weighted by molar-refractivity contribution is 5.41. The SMILES string of the molecule is COc1cccc(C(C#N)Cc2c(C)cc(C)cc2C)c1. The zero-order valence-electron chi connectivity index (χ0n) is 13.1. The van der Waals surface area contributed by atoms with Gasteiger partial charge in [-0.2, -0.15) is 5.26 Å². The van der Waals surface area contributed by atoms with Crippen molar-refractivity contribution in [3.8, 4) is 11.8 Å². The molecule has 0 aliphatic carbocycles. The van der Waals surface area contributed by atoms with Gasteiger partial charge >= 0.3 is 0 Å². The van der Waals surface area contributed by atoms with Crippen molar-refractivity contribution >= 4 is 0 Å². The second kappa shape index (κ2) is 6.45. The normalized spacial score (nSPS) is 11.8. The van der Waals surface area contributed by atoms with Crippen molar-refractivity contribution in [2.75, 3.05) is 7.11 Å². The number of methoxy groups -OCH3 is 1. The van der Waals surface area contributed by atoms with E-state index < -0.39 is 0 Å². The quantitative estimate of drug-likeness (QED) is 0.827. The smallest absolute Gasteiger partial charge is 0.119 e. The van der Waals surface area contributed by atoms with Crippen LogP contribution >= 0.6 is 0 Å². The number of benzene rings is 2. The van der Waals surface area contributed by atoms with Crippen LogP contribution in [-0.2, 0) is 6.42 Å². The third-order valence-electron chi connectivity index (χ3n) is 3.90. The Morgan fingerprint density at radius 1 is 1.10 bits per heavy atom. The molecule has 0 aliphatic rings. The molecule has 2 aromatic carbocycles. The summed E-state index contributed by atoms with van der Waals surface area (Å²) in [7, 11) is 1.65. The van der Waals surface area contributed by atoms with Crippen LogP contribution < -0.4 is 4.74 Å². The summed E-state index contributed by atoms with van der Waals surface area (Å²) in [5, 5.41) is 9.55. The van der Waals surface area contributed by atoms with Crippen LogP contribution in [0.2, 0.25) is 0 Å². The van der Waals surface area contributed by atoms with Gasteiger partial charge in [-0.05, 0) is 61.6 Å². The number of nitriles is 1. The Balaban J connectivity index is 2.34. The Morgan fingerprint density at radius 3 is 2.33 bits per heavy atom. The summed E-state index contributed by atoms with van der Waals surface area (Å²) in [4.78, 5) is 0. The van der Waals surface area contributed by atoms with Crippen molar-refractivity contribution in [2.24, 2.45) is 0 Å². The lowest BCUT2D eigenvalue weighted by Gasteiger charge is -2.15. The van der Waals surface area contributed by atoms with Gasteiger partial charge in [0.2, 0.25) is 0 Å². The number of aryl methyl sites for hydroxylation is 3. The van der Waals surface area contributed by atoms with E-state index >= 15 is 0 Å². The molecule has 2 nitrogen and oxygen atoms in total. The number of ether oxygens (including phenoxy) is 1. The molecule has 0 amide bonds. The predicted molar refractivity (Wildman–Crippen MR) is 85.7 cm³/mol. The molecule has 2 rings (SSSR count). The maximum Gasteiger partial charge on any atom is 0.119 e. The van der Waals surface area contributed by atoms with Crippen molar-refractivity contribution < 1.29 is 4.74 Å². The third-order valence-corrected chi connectivity index (χ3v) is 3.90. The van der Waals surface area contributed by atoms with Crippen molar-refractivity contribution in [1.29, 1.82) is 5.26 Å². The van der Waals surface area contributed by atoms with E-state index in [9.17, 15) is 5.26 Å². The van der Waals surface area contributed by atoms with Gasteiger partial charge in [-0.25, -0.2) is 0 Å². The third kappa shape index (κ3) is 3.44. The van der Waals surface area contributed by atoms with Gasteiger partial charge in [0.25, 0.3) is 0 Å². The monoisotopic (exact) mass is 279 g/mol. The van der Waals surface area contributed by atoms with E-state index in [4.69, 9.17) is 4.74 Å². The van der Waals surface area contributed by atoms with Gasteiger partial charge in [0.1, 0.15) is 5.75 Å². The van der Waals surface area contributed by atoms with E-state index in [0.717, 1.165) is 17.7 Å². The summed E-state index contributed by atoms with van der Waals surface area (Å²) in [5.74, 6) is 0.644. The van der Waals surface area contributed by atoms with E-state index in [0.29, 0.717) is 0 Å². The number of hydrogen-bond acceptors (Lipinski definition) is 2. The van der Waals surface area contributed by atoms with Crippen molar-refractivity contribution in [1.82, 2.24) is 0 Å². The van der Waals surface area contributed by atoms with Crippen LogP contribution in [0.5, 0.6) is 5.75 Å². The fourth-order valence-electron chi connectivity index (χ4n) is 2.83. The molecule has 0 aromatic heterocycles. The summed E-state index contributed by atoms with van der Waals surface area (Å²) in [6.07, 6.45) is 0.738. The molecule has 0 heterocycles. The van der Waals surface area contributed by atoms with E-state index in [1.165, 1.54) is 22.3 Å². The van der Waals surface area contributed by atoms with Crippen molar-refractivity contribution in [3.05, 3.63) is 64.2 Å². The maximum absolute atomic E-state index is 9.55. The molecule has 0 aliphatic heterocycles. The summed E-state index contributed by atoms with van der Waals surface area (Å²) < 4.78 is 5.25. The van der Waals surface area contributed by atoms with Gasteiger partial charge in [-0.3, -0.25) is 0 Å². The highest BCUT2D eigenvalue weighted by Crippen LogP contribution is 2.27. The fourth-order valence-corrected chi connectivity index (χ4v) is 2.83. The maximum atomic E-state index is 9.55. The molecular weight excluding hydrogens is 258 g/mol. The van der Waals surface area contributed by atoms with Crippen LogP contribution in [0.3, 0.4) is 0 Å². The minimum Gasteiger partial charge on any atom is -0.497 e. The first kappa shape index (κ1) is 15.1. The van der Waals surface area contributed by atoms with Crippen LogP contribution in [-0.4, -0.2) is 7.11 Å². The Bertz CT molecular complexity index is 659. The summed E-state index contributed by atoms with van der Waals surface area (Å²) in [5.41, 5.74) is 6.07. The Kier molecular flexibility index (Phi) is 4.65. The molecule has 0 bridgehead atoms. The topological polar surface area (TPSA) is 33.0 Å². The van der Waals surface area contributed by atoms with Gasteiger partial charge in [0.05, 0.1) is 19.1 Å². The van der Waals surface area contributed by atoms with Crippen LogP contribution in [0.25, 0.3) is 0 Å². The molecule has 0 radical (unpaired) electrons. The Morgan fingerprint density at radius 2 is 1.76 bits per heavy atom. The Hall–Kier alpha value is -2.27. The van der Waals surface area contributed by atoms with Gasteiger partial charge in [-0.15, -0.1) is 0 Å². The number of hydrogen-bond donors (Lipinski definition) is 0. The zero-order chi connectivity index (χ0) is 15.4. The molecular formula is C19H21NO. The summed E-state index contributed by atoms with van der Waals surface area (Å²) in [6, 6.07) is 14.6. The van der Waals surface area contributed by atoms with E-state index in [1.807, 2.05) is 24.3 Å². The lowest BCUT2D eigenvalue weighted by molar-refractivity contribution is 0.414. The van der Waals surface area contributed by atoms with Crippen LogP contribution in [0.1, 0.15) is 33.7 Å². The number of rotatable bonds is 4. The lowest BCUT2D eigenvalue weighted by atomic mass is 9.88. The second-order valence-electron chi connectivity index (χ2n) is 5.54. The Labute approximate surface area is 127 Å². The highest BCUT2D eigenvalue weighted by Gasteiger charge is 2.15. The molecule has 1 unspecified atom stereocenters. The van der Waals surface area contributed by atoms with Crippen molar-refractivity contribution in [2.45, 2.75) is 33.1 Å². The first-order valence-electron chi connectivity index (χ1n) is 7.15. The van der Waals surface area contributed by atoms with E-state index in [1.54, 1.807) is 7.11 Å². The molecule has 0 spiro atoms. The summed E-state index contributed by atoms with van der Waals surface area (Å²) >= 11 is 0. The van der Waals surface area contributed by atoms with Crippen LogP contribution in [0, 0.1) is 32.1 Å². The molecule has 1 atom stereocenters. The molecule has 0 saturated heterocycles. The van der Waals surface area contributed by atoms with Crippen molar-refractivity contribution in [3.63, 3.8) is 0 Å². The minimum absolute atomic E-state index is 0.153. The van der Waals surface area contributed by atoms with Gasteiger partial charge in [-0.1, -0.05) is 29.8 Å². The first-order chi connectivity index (χ1) is 10.0. The second-order valence-corrected chi connectivity index (χ2v) is 5.54. The first-order valence-corrected chi connectivity index (χ1v) is 7.15. The fraction of sp³-hybridized carbons (Fsp3) is 0.316. The molecule has 0 saturated carbocycles. The summed E-state index contributed by atoms with van der Waals surface area (Å²) in [6.45, 7) is 6.35. The number of nitrogens with zero attached hydrogens (tertiary/aromatic N) is 1. The van der Waals surface area contributed by atoms with Gasteiger partial charge in [0, 0.05) is 0 Å². The predicted octanol–water partition coefficient (Wildman–Crippen LogP) is 4.47. The van der Waals surface area contributed by atoms with E-state index in [-0.39, 0.29) is 5.92 Å². The minimum atomic E-state index is -0.153. The molecule has 2 aromatic rings. The molecule has 21 heavy (non-hydrogen) atoms. The average molecular weight is 279 g/mol. The largest absolute Gasteiger partial charge is 0.497 e. The standard InChI is InChI=1S/C19H21NO/c1-13-8-14(2)19(15(3)9-13)11-17(12-20)16-6-5-7-18(10-16)21-4/h5-10,17H,11H2,1-4H3. The zero-order valence-corrected chi connectivity index (χ0v) is 13.1. The molecule has 0 fully saturated rings. The molecule has 108 valence electrons. The highest BCUT2D eigenvalue weighted by atomic mass is 16.5. The van der Waals surface area contributed by atoms with Crippen LogP contribution in [0.15, 0.2) is 36.4 Å². The van der Waals surface area contributed by atoms with Gasteiger partial charge in [0.15, 0.2) is 0 Å². The van der Waals surface area contributed by atoms with Crippen LogP contribution in [0.4, 0.5) is 0 Å². The average Bonchev–Trinajstić information content (AvgIpc) is 2.46. The molecule has 0 N–H and O–H groups in total. The van der Waals surface area contributed by atoms with Gasteiger partial charge < -0.3 is 4.74 Å². The lowest BCUT2D eigenvalue weighted by Crippen LogP contribution is -2.04. The van der Waals surface area contributed by atoms with E-state index in [2.05, 4.69) is 39.0 Å².